The smallest absolute Gasteiger partial charge is 0.338 e. The van der Waals surface area contributed by atoms with Gasteiger partial charge in [-0.15, -0.1) is 0 Å². The van der Waals surface area contributed by atoms with Crippen LogP contribution in [-0.4, -0.2) is 143 Å². The number of nitrogens with one attached hydrogen (secondary N) is 1. The van der Waals surface area contributed by atoms with Crippen molar-refractivity contribution in [1.29, 1.82) is 0 Å². The number of carboxylic acid groups (broad SMARTS) is 1. The number of rotatable bonds is 15. The number of ether oxygens (including phenoxy) is 7. The molecule has 2 aliphatic carbocycles. The quantitative estimate of drug-likeness (QED) is 0.137. The van der Waals surface area contributed by atoms with E-state index in [1.807, 2.05) is 6.92 Å². The Morgan fingerprint density at radius 2 is 1.58 bits per heavy atom. The number of benzene rings is 1. The number of carboxylic acids is 1. The van der Waals surface area contributed by atoms with Gasteiger partial charge in [0.25, 0.3) is 0 Å². The monoisotopic (exact) mass is 809 g/mol. The maximum absolute atomic E-state index is 13.0. The molecule has 1 aromatic carbocycles. The summed E-state index contributed by atoms with van der Waals surface area (Å²) in [7, 11) is 1.26. The zero-order valence-corrected chi connectivity index (χ0v) is 32.9. The van der Waals surface area contributed by atoms with E-state index >= 15 is 0 Å². The number of hydrogen-bond donors (Lipinski definition) is 6. The number of aliphatic hydroxyl groups excluding tert-OH is 4. The molecule has 4 fully saturated rings. The van der Waals surface area contributed by atoms with E-state index in [1.165, 1.54) is 21.0 Å². The average Bonchev–Trinajstić information content (AvgIpc) is 3.20. The van der Waals surface area contributed by atoms with E-state index in [4.69, 9.17) is 33.2 Å². The van der Waals surface area contributed by atoms with Gasteiger partial charge in [-0.25, -0.2) is 9.59 Å². The Hall–Kier alpha value is -3.26. The predicted octanol–water partition coefficient (Wildman–Crippen LogP) is 1.45. The molecule has 1 amide bonds. The molecule has 2 saturated heterocycles. The molecule has 2 heterocycles. The van der Waals surface area contributed by atoms with Gasteiger partial charge in [-0.05, 0) is 50.2 Å². The normalized spacial score (nSPS) is 36.8. The Balaban J connectivity index is 1.49. The van der Waals surface area contributed by atoms with E-state index in [-0.39, 0.29) is 24.3 Å². The zero-order chi connectivity index (χ0) is 41.4. The number of methoxy groups -OCH3 is 1. The van der Waals surface area contributed by atoms with Crippen molar-refractivity contribution < 1.29 is 77.9 Å². The fraction of sp³-hybridized carbons (Fsp3) is 0.750. The highest BCUT2D eigenvalue weighted by Crippen LogP contribution is 2.40. The number of carbonyl (C=O) groups is 4. The van der Waals surface area contributed by atoms with E-state index < -0.39 is 122 Å². The van der Waals surface area contributed by atoms with Crippen molar-refractivity contribution in [3.8, 4) is 0 Å². The van der Waals surface area contributed by atoms with Gasteiger partial charge in [-0.2, -0.15) is 0 Å². The van der Waals surface area contributed by atoms with Gasteiger partial charge in [0.1, 0.15) is 49.3 Å². The van der Waals surface area contributed by atoms with Gasteiger partial charge in [-0.3, -0.25) is 9.59 Å². The lowest BCUT2D eigenvalue weighted by Gasteiger charge is -2.49. The van der Waals surface area contributed by atoms with E-state index in [0.717, 1.165) is 32.1 Å². The van der Waals surface area contributed by atoms with Crippen LogP contribution in [0.25, 0.3) is 0 Å². The molecule has 6 N–H and O–H groups in total. The fourth-order valence-corrected chi connectivity index (χ4v) is 8.52. The highest BCUT2D eigenvalue weighted by Gasteiger charge is 2.53. The number of carbonyl (C=O) groups excluding carboxylic acids is 3. The molecule has 0 radical (unpaired) electrons. The van der Waals surface area contributed by atoms with Crippen LogP contribution in [-0.2, 0) is 47.5 Å². The van der Waals surface area contributed by atoms with E-state index in [9.17, 15) is 44.7 Å². The second-order valence-electron chi connectivity index (χ2n) is 15.7. The maximum Gasteiger partial charge on any atom is 0.338 e. The van der Waals surface area contributed by atoms with Gasteiger partial charge in [0.2, 0.25) is 5.91 Å². The summed E-state index contributed by atoms with van der Waals surface area (Å²) in [6.07, 6.45) is -10.8. The van der Waals surface area contributed by atoms with Gasteiger partial charge in [-0.1, -0.05) is 63.6 Å². The van der Waals surface area contributed by atoms with Gasteiger partial charge in [0.05, 0.1) is 36.9 Å². The van der Waals surface area contributed by atoms with Crippen molar-refractivity contribution in [3.63, 3.8) is 0 Å². The molecule has 17 nitrogen and oxygen atoms in total. The Bertz CT molecular complexity index is 1480. The third-order valence-corrected chi connectivity index (χ3v) is 11.7. The number of hydrogen-bond acceptors (Lipinski definition) is 15. The van der Waals surface area contributed by atoms with E-state index in [0.29, 0.717) is 12.8 Å². The lowest BCUT2D eigenvalue weighted by atomic mass is 9.76. The number of aliphatic hydroxyl groups is 4. The van der Waals surface area contributed by atoms with Crippen LogP contribution in [0.2, 0.25) is 0 Å². The van der Waals surface area contributed by atoms with Crippen molar-refractivity contribution in [2.45, 2.75) is 158 Å². The van der Waals surface area contributed by atoms with Crippen LogP contribution in [0.15, 0.2) is 30.3 Å². The maximum atomic E-state index is 13.0. The number of aliphatic carboxylic acids is 1. The third kappa shape index (κ3) is 11.3. The molecule has 4 aliphatic rings. The largest absolute Gasteiger partial charge is 0.479 e. The Morgan fingerprint density at radius 1 is 0.877 bits per heavy atom. The first kappa shape index (κ1) is 44.8. The van der Waals surface area contributed by atoms with Crippen molar-refractivity contribution >= 4 is 23.8 Å². The van der Waals surface area contributed by atoms with Crippen LogP contribution in [0.3, 0.4) is 0 Å². The summed E-state index contributed by atoms with van der Waals surface area (Å²) in [4.78, 5) is 51.5. The summed E-state index contributed by atoms with van der Waals surface area (Å²) in [5.41, 5.74) is 0.235. The molecule has 1 aromatic rings. The summed E-state index contributed by atoms with van der Waals surface area (Å²) >= 11 is 0. The molecule has 320 valence electrons. The highest BCUT2D eigenvalue weighted by atomic mass is 16.7. The van der Waals surface area contributed by atoms with Crippen LogP contribution in [0, 0.1) is 17.8 Å². The van der Waals surface area contributed by atoms with Crippen LogP contribution < -0.4 is 5.32 Å². The highest BCUT2D eigenvalue weighted by molar-refractivity contribution is 5.89. The zero-order valence-electron chi connectivity index (χ0n) is 32.9. The minimum atomic E-state index is -1.65. The standard InChI is InChI=1S/C40H59NO16/c1-5-23-17-25(37(49)51-4)18-26(34(23)57-40-33(46)32(45)30(43)20(2)53-40)55-39-29(41-21(3)42)35(54-27(36(47)48)16-22-12-8-6-9-13-22)31(44)28(56-39)19-52-38(50)24-14-10-7-11-15-24/h7,10-11,14-15,20,22-23,25-35,39-40,43-46H,5-6,8-9,12-13,16-19H2,1-4H3,(H,41,42)(H,47,48)/t20-,23?,25?,26+,27-,28-,29?,30?,31-,32-,33-,34+,35?,39+,40?/m0/s1. The molecule has 0 spiro atoms. The topological polar surface area (TPSA) is 246 Å². The van der Waals surface area contributed by atoms with Crippen molar-refractivity contribution in [2.24, 2.45) is 17.8 Å². The average molecular weight is 810 g/mol. The molecular weight excluding hydrogens is 750 g/mol. The van der Waals surface area contributed by atoms with Crippen molar-refractivity contribution in [2.75, 3.05) is 13.7 Å². The molecule has 15 atom stereocenters. The molecule has 17 heteroatoms. The summed E-state index contributed by atoms with van der Waals surface area (Å²) in [5, 5.41) is 56.7. The first-order chi connectivity index (χ1) is 27.2. The second-order valence-corrected chi connectivity index (χ2v) is 15.7. The SMILES string of the molecule is CCC1CC(C(=O)OC)C[C@@H](O[C@@H]2O[C@@H](COC(=O)c3ccccc3)[C@H](O)C(O[C@@H](CC3CCCCC3)C(=O)O)C2NC(C)=O)[C@@H]1OC1O[C@@H](C)C(O)[C@H](O)[C@@H]1O. The van der Waals surface area contributed by atoms with Crippen LogP contribution in [0.1, 0.15) is 88.9 Å². The Labute approximate surface area is 332 Å². The van der Waals surface area contributed by atoms with E-state index in [1.54, 1.807) is 30.3 Å². The van der Waals surface area contributed by atoms with Crippen molar-refractivity contribution in [1.82, 2.24) is 5.32 Å². The Morgan fingerprint density at radius 3 is 2.21 bits per heavy atom. The first-order valence-corrected chi connectivity index (χ1v) is 20.0. The van der Waals surface area contributed by atoms with E-state index in [2.05, 4.69) is 5.32 Å². The molecule has 6 unspecified atom stereocenters. The van der Waals surface area contributed by atoms with Crippen LogP contribution >= 0.6 is 0 Å². The molecule has 0 aromatic heterocycles. The summed E-state index contributed by atoms with van der Waals surface area (Å²) < 4.78 is 42.0. The lowest BCUT2D eigenvalue weighted by Crippen LogP contribution is -2.67. The lowest BCUT2D eigenvalue weighted by molar-refractivity contribution is -0.338. The Kier molecular flexibility index (Phi) is 16.2. The van der Waals surface area contributed by atoms with Crippen LogP contribution in [0.4, 0.5) is 0 Å². The fourth-order valence-electron chi connectivity index (χ4n) is 8.52. The molecule has 57 heavy (non-hydrogen) atoms. The van der Waals surface area contributed by atoms with Gasteiger partial charge < -0.3 is 64.0 Å². The minimum absolute atomic E-state index is 0.00872. The third-order valence-electron chi connectivity index (χ3n) is 11.7. The van der Waals surface area contributed by atoms with Crippen molar-refractivity contribution in [3.05, 3.63) is 35.9 Å². The van der Waals surface area contributed by atoms with Gasteiger partial charge in [0, 0.05) is 6.92 Å². The predicted molar refractivity (Wildman–Crippen MR) is 197 cm³/mol. The minimum Gasteiger partial charge on any atom is -0.479 e. The molecule has 2 aliphatic heterocycles. The molecule has 5 rings (SSSR count). The second kappa shape index (κ2) is 20.6. The summed E-state index contributed by atoms with van der Waals surface area (Å²) in [6, 6.07) is 6.80. The van der Waals surface area contributed by atoms with Gasteiger partial charge >= 0.3 is 17.9 Å². The number of amides is 1. The number of esters is 2. The summed E-state index contributed by atoms with van der Waals surface area (Å²) in [5.74, 6) is -4.12. The van der Waals surface area contributed by atoms with Gasteiger partial charge in [0.15, 0.2) is 18.7 Å². The molecule has 2 saturated carbocycles. The van der Waals surface area contributed by atoms with Crippen LogP contribution in [0.5, 0.6) is 0 Å². The first-order valence-electron chi connectivity index (χ1n) is 20.0. The summed E-state index contributed by atoms with van der Waals surface area (Å²) in [6.45, 7) is 4.08. The molecular formula is C40H59NO16. The molecule has 0 bridgehead atoms.